The van der Waals surface area contributed by atoms with Crippen LogP contribution in [-0.4, -0.2) is 36.2 Å². The largest absolute Gasteiger partial charge is 0.444 e. The molecule has 1 aliphatic carbocycles. The van der Waals surface area contributed by atoms with E-state index in [0.29, 0.717) is 12.6 Å². The predicted octanol–water partition coefficient (Wildman–Crippen LogP) is 3.67. The van der Waals surface area contributed by atoms with Crippen LogP contribution in [0.25, 0.3) is 0 Å². The van der Waals surface area contributed by atoms with Crippen LogP contribution in [0.5, 0.6) is 0 Å². The fourth-order valence-electron chi connectivity index (χ4n) is 3.73. The minimum atomic E-state index is -0.654. The van der Waals surface area contributed by atoms with Crippen molar-refractivity contribution in [2.45, 2.75) is 70.6 Å². The summed E-state index contributed by atoms with van der Waals surface area (Å²) in [5.74, 6) is -0.207. The molecule has 1 saturated carbocycles. The van der Waals surface area contributed by atoms with Gasteiger partial charge in [-0.3, -0.25) is 4.79 Å². The summed E-state index contributed by atoms with van der Waals surface area (Å²) >= 11 is 0. The number of carbonyl (C=O) groups is 2. The Bertz CT molecular complexity index is 663. The van der Waals surface area contributed by atoms with Crippen molar-refractivity contribution in [2.24, 2.45) is 0 Å². The molecule has 2 amide bonds. The van der Waals surface area contributed by atoms with Gasteiger partial charge < -0.3 is 20.3 Å². The number of nitrogens with one attached hydrogen (secondary N) is 2. The van der Waals surface area contributed by atoms with Gasteiger partial charge in [0.1, 0.15) is 11.6 Å². The van der Waals surface area contributed by atoms with E-state index in [9.17, 15) is 9.59 Å². The van der Waals surface area contributed by atoms with E-state index in [1.165, 1.54) is 19.3 Å². The number of anilines is 2. The smallest absolute Gasteiger partial charge is 0.408 e. The third kappa shape index (κ3) is 4.48. The van der Waals surface area contributed by atoms with Crippen LogP contribution in [0.15, 0.2) is 24.3 Å². The van der Waals surface area contributed by atoms with Crippen LogP contribution in [0.3, 0.4) is 0 Å². The second-order valence-electron chi connectivity index (χ2n) is 8.15. The maximum absolute atomic E-state index is 12.7. The highest BCUT2D eigenvalue weighted by Gasteiger charge is 2.33. The highest BCUT2D eigenvalue weighted by molar-refractivity contribution is 6.01. The number of carbonyl (C=O) groups excluding carboxylic acids is 2. The maximum atomic E-state index is 12.7. The number of fused-ring (bicyclic) bond motifs is 1. The number of nitrogens with zero attached hydrogens (tertiary/aromatic N) is 1. The number of ether oxygens (including phenoxy) is 1. The van der Waals surface area contributed by atoms with Crippen LogP contribution in [-0.2, 0) is 9.53 Å². The summed E-state index contributed by atoms with van der Waals surface area (Å²) in [5, 5.41) is 5.71. The van der Waals surface area contributed by atoms with Gasteiger partial charge in [0.2, 0.25) is 5.91 Å². The lowest BCUT2D eigenvalue weighted by Crippen LogP contribution is -2.52. The quantitative estimate of drug-likeness (QED) is 0.845. The number of para-hydroxylation sites is 2. The molecule has 1 atom stereocenters. The van der Waals surface area contributed by atoms with Crippen LogP contribution in [0.2, 0.25) is 0 Å². The van der Waals surface area contributed by atoms with Gasteiger partial charge in [0, 0.05) is 12.6 Å². The van der Waals surface area contributed by atoms with E-state index in [1.807, 2.05) is 45.0 Å². The molecule has 1 aromatic carbocycles. The molecule has 0 unspecified atom stereocenters. The van der Waals surface area contributed by atoms with E-state index in [1.54, 1.807) is 0 Å². The summed E-state index contributed by atoms with van der Waals surface area (Å²) in [6.45, 7) is 5.88. The average Bonchev–Trinajstić information content (AvgIpc) is 2.71. The summed E-state index contributed by atoms with van der Waals surface area (Å²) in [7, 11) is 0. The second-order valence-corrected chi connectivity index (χ2v) is 8.15. The molecule has 2 N–H and O–H groups in total. The molecule has 0 bridgehead atoms. The Labute approximate surface area is 155 Å². The van der Waals surface area contributed by atoms with Gasteiger partial charge in [0.05, 0.1) is 11.4 Å². The highest BCUT2D eigenvalue weighted by Crippen LogP contribution is 2.34. The van der Waals surface area contributed by atoms with Crippen molar-refractivity contribution in [3.63, 3.8) is 0 Å². The van der Waals surface area contributed by atoms with Crippen molar-refractivity contribution in [3.05, 3.63) is 24.3 Å². The minimum Gasteiger partial charge on any atom is -0.444 e. The first-order valence-corrected chi connectivity index (χ1v) is 9.49. The van der Waals surface area contributed by atoms with Crippen molar-refractivity contribution >= 4 is 23.4 Å². The topological polar surface area (TPSA) is 70.7 Å². The van der Waals surface area contributed by atoms with Crippen LogP contribution in [0.4, 0.5) is 16.2 Å². The van der Waals surface area contributed by atoms with Crippen LogP contribution in [0, 0.1) is 0 Å². The SMILES string of the molecule is CC(C)(C)OC(=O)N[C@@H]1CN(C2CCCCC2)c2ccccc2NC1=O. The van der Waals surface area contributed by atoms with Gasteiger partial charge in [-0.15, -0.1) is 0 Å². The first kappa shape index (κ1) is 18.5. The molecule has 3 rings (SSSR count). The monoisotopic (exact) mass is 359 g/mol. The molecule has 0 saturated heterocycles. The molecular weight excluding hydrogens is 330 g/mol. The van der Waals surface area contributed by atoms with Crippen molar-refractivity contribution in [1.29, 1.82) is 0 Å². The van der Waals surface area contributed by atoms with E-state index in [0.717, 1.165) is 24.2 Å². The Hall–Kier alpha value is -2.24. The zero-order chi connectivity index (χ0) is 18.7. The molecule has 2 aliphatic rings. The first-order valence-electron chi connectivity index (χ1n) is 9.49. The molecule has 1 heterocycles. The molecule has 1 aromatic rings. The van der Waals surface area contributed by atoms with Gasteiger partial charge in [0.25, 0.3) is 0 Å². The van der Waals surface area contributed by atoms with Crippen LogP contribution < -0.4 is 15.5 Å². The third-order valence-corrected chi connectivity index (χ3v) is 4.87. The standard InChI is InChI=1S/C20H29N3O3/c1-20(2,3)26-19(25)22-16-13-23(14-9-5-4-6-10-14)17-12-8-7-11-15(17)21-18(16)24/h7-8,11-12,14,16H,4-6,9-10,13H2,1-3H3,(H,21,24)(H,22,25)/t16-/m1/s1. The molecule has 6 nitrogen and oxygen atoms in total. The minimum absolute atomic E-state index is 0.207. The Morgan fingerprint density at radius 1 is 1.19 bits per heavy atom. The van der Waals surface area contributed by atoms with Gasteiger partial charge in [-0.2, -0.15) is 0 Å². The summed E-state index contributed by atoms with van der Waals surface area (Å²) in [6, 6.07) is 7.60. The van der Waals surface area contributed by atoms with Gasteiger partial charge in [-0.05, 0) is 45.7 Å². The number of alkyl carbamates (subject to hydrolysis) is 1. The predicted molar refractivity (Wildman–Crippen MR) is 102 cm³/mol. The molecular formula is C20H29N3O3. The zero-order valence-electron chi connectivity index (χ0n) is 15.9. The lowest BCUT2D eigenvalue weighted by Gasteiger charge is -2.37. The second kappa shape index (κ2) is 7.56. The Kier molecular flexibility index (Phi) is 5.39. The summed E-state index contributed by atoms with van der Waals surface area (Å²) in [6.07, 6.45) is 5.34. The molecule has 6 heteroatoms. The third-order valence-electron chi connectivity index (χ3n) is 4.87. The van der Waals surface area contributed by atoms with E-state index in [4.69, 9.17) is 4.74 Å². The number of rotatable bonds is 2. The number of amides is 2. The van der Waals surface area contributed by atoms with Gasteiger partial charge >= 0.3 is 6.09 Å². The van der Waals surface area contributed by atoms with Crippen LogP contribution in [0.1, 0.15) is 52.9 Å². The van der Waals surface area contributed by atoms with E-state index in [-0.39, 0.29) is 5.91 Å². The van der Waals surface area contributed by atoms with Gasteiger partial charge in [0.15, 0.2) is 0 Å². The van der Waals surface area contributed by atoms with Gasteiger partial charge in [-0.1, -0.05) is 31.4 Å². The molecule has 1 fully saturated rings. The molecule has 0 spiro atoms. The molecule has 142 valence electrons. The maximum Gasteiger partial charge on any atom is 0.408 e. The Morgan fingerprint density at radius 3 is 2.58 bits per heavy atom. The number of hydrogen-bond donors (Lipinski definition) is 2. The van der Waals surface area contributed by atoms with E-state index >= 15 is 0 Å². The lowest BCUT2D eigenvalue weighted by molar-refractivity contribution is -0.117. The fraction of sp³-hybridized carbons (Fsp3) is 0.600. The summed E-state index contributed by atoms with van der Waals surface area (Å²) in [4.78, 5) is 27.2. The van der Waals surface area contributed by atoms with E-state index < -0.39 is 17.7 Å². The molecule has 1 aliphatic heterocycles. The summed E-state index contributed by atoms with van der Waals surface area (Å²) in [5.41, 5.74) is 1.23. The normalized spacial score (nSPS) is 21.4. The number of benzene rings is 1. The van der Waals surface area contributed by atoms with Crippen molar-refractivity contribution in [1.82, 2.24) is 5.32 Å². The van der Waals surface area contributed by atoms with Crippen molar-refractivity contribution in [2.75, 3.05) is 16.8 Å². The molecule has 26 heavy (non-hydrogen) atoms. The summed E-state index contributed by atoms with van der Waals surface area (Å²) < 4.78 is 5.34. The van der Waals surface area contributed by atoms with Crippen LogP contribution >= 0.6 is 0 Å². The van der Waals surface area contributed by atoms with Gasteiger partial charge in [-0.25, -0.2) is 4.79 Å². The van der Waals surface area contributed by atoms with E-state index in [2.05, 4.69) is 15.5 Å². The molecule has 0 aromatic heterocycles. The fourth-order valence-corrected chi connectivity index (χ4v) is 3.73. The zero-order valence-corrected chi connectivity index (χ0v) is 15.9. The Morgan fingerprint density at radius 2 is 1.88 bits per heavy atom. The molecule has 0 radical (unpaired) electrons. The average molecular weight is 359 g/mol. The number of hydrogen-bond acceptors (Lipinski definition) is 4. The van der Waals surface area contributed by atoms with Crippen molar-refractivity contribution < 1.29 is 14.3 Å². The van der Waals surface area contributed by atoms with Crippen molar-refractivity contribution in [3.8, 4) is 0 Å². The highest BCUT2D eigenvalue weighted by atomic mass is 16.6. The first-order chi connectivity index (χ1) is 12.3. The lowest BCUT2D eigenvalue weighted by atomic mass is 9.93. The Balaban J connectivity index is 1.82.